The number of carbonyl (C=O) groups is 1. The maximum absolute atomic E-state index is 12.4. The van der Waals surface area contributed by atoms with Crippen LogP contribution in [0.3, 0.4) is 0 Å². The second kappa shape index (κ2) is 9.08. The molecule has 9 heteroatoms. The molecule has 1 heterocycles. The molecule has 1 unspecified atom stereocenters. The Morgan fingerprint density at radius 1 is 1.07 bits per heavy atom. The lowest BCUT2D eigenvalue weighted by Gasteiger charge is -2.10. The van der Waals surface area contributed by atoms with Crippen molar-refractivity contribution in [3.63, 3.8) is 0 Å². The lowest BCUT2D eigenvalue weighted by molar-refractivity contribution is -0.149. The molecule has 0 aliphatic heterocycles. The molecule has 0 spiro atoms. The zero-order valence-electron chi connectivity index (χ0n) is 16.9. The van der Waals surface area contributed by atoms with Gasteiger partial charge in [0.2, 0.25) is 5.89 Å². The minimum absolute atomic E-state index is 0.121. The summed E-state index contributed by atoms with van der Waals surface area (Å²) in [6.07, 6.45) is -1.08. The first-order valence-corrected chi connectivity index (χ1v) is 10.9. The highest BCUT2D eigenvalue weighted by Crippen LogP contribution is 2.24. The Balaban J connectivity index is 1.57. The van der Waals surface area contributed by atoms with E-state index < -0.39 is 21.9 Å². The SMILES string of the molecule is COc1ccc(-c2nnc(C(C)OC(=O)CCS(=O)(=O)c3ccc(C)cc3)o2)cc1. The van der Waals surface area contributed by atoms with Crippen LogP contribution in [0.5, 0.6) is 5.75 Å². The predicted octanol–water partition coefficient (Wildman–Crippen LogP) is 3.52. The number of ether oxygens (including phenoxy) is 2. The van der Waals surface area contributed by atoms with E-state index in [9.17, 15) is 13.2 Å². The molecule has 8 nitrogen and oxygen atoms in total. The van der Waals surface area contributed by atoms with E-state index in [-0.39, 0.29) is 28.9 Å². The van der Waals surface area contributed by atoms with Crippen LogP contribution in [0.15, 0.2) is 57.8 Å². The number of hydrogen-bond acceptors (Lipinski definition) is 8. The summed E-state index contributed by atoms with van der Waals surface area (Å²) in [6.45, 7) is 3.45. The predicted molar refractivity (Wildman–Crippen MR) is 109 cm³/mol. The van der Waals surface area contributed by atoms with E-state index in [0.717, 1.165) is 5.56 Å². The van der Waals surface area contributed by atoms with Crippen molar-refractivity contribution in [1.82, 2.24) is 10.2 Å². The average molecular weight is 430 g/mol. The molecule has 158 valence electrons. The van der Waals surface area contributed by atoms with Gasteiger partial charge in [-0.1, -0.05) is 17.7 Å². The first kappa shape index (κ1) is 21.5. The summed E-state index contributed by atoms with van der Waals surface area (Å²) in [5.74, 6) is 0.0829. The summed E-state index contributed by atoms with van der Waals surface area (Å²) in [5, 5.41) is 7.87. The number of aryl methyl sites for hydroxylation is 1. The van der Waals surface area contributed by atoms with Crippen molar-refractivity contribution in [2.45, 2.75) is 31.3 Å². The van der Waals surface area contributed by atoms with Gasteiger partial charge in [0.1, 0.15) is 5.75 Å². The van der Waals surface area contributed by atoms with Crippen molar-refractivity contribution >= 4 is 15.8 Å². The normalized spacial score (nSPS) is 12.4. The third-order valence-corrected chi connectivity index (χ3v) is 6.12. The molecule has 0 amide bonds. The Morgan fingerprint density at radius 3 is 2.37 bits per heavy atom. The highest BCUT2D eigenvalue weighted by atomic mass is 32.2. The molecule has 2 aromatic carbocycles. The molecule has 1 aromatic heterocycles. The molecule has 0 saturated carbocycles. The monoisotopic (exact) mass is 430 g/mol. The summed E-state index contributed by atoms with van der Waals surface area (Å²) in [5.41, 5.74) is 1.65. The number of hydrogen-bond donors (Lipinski definition) is 0. The Hall–Kier alpha value is -3.20. The van der Waals surface area contributed by atoms with E-state index in [1.54, 1.807) is 50.4 Å². The van der Waals surface area contributed by atoms with Gasteiger partial charge in [0.05, 0.1) is 24.2 Å². The minimum atomic E-state index is -3.57. The van der Waals surface area contributed by atoms with Gasteiger partial charge in [0.15, 0.2) is 15.9 Å². The highest BCUT2D eigenvalue weighted by molar-refractivity contribution is 7.91. The second-order valence-electron chi connectivity index (χ2n) is 6.69. The van der Waals surface area contributed by atoms with Gasteiger partial charge in [0.25, 0.3) is 5.89 Å². The number of carbonyl (C=O) groups excluding carboxylic acids is 1. The third-order valence-electron chi connectivity index (χ3n) is 4.39. The van der Waals surface area contributed by atoms with Crippen LogP contribution in [-0.4, -0.2) is 37.4 Å². The molecule has 0 N–H and O–H groups in total. The maximum Gasteiger partial charge on any atom is 0.307 e. The quantitative estimate of drug-likeness (QED) is 0.500. The number of esters is 1. The molecule has 0 bridgehead atoms. The Bertz CT molecular complexity index is 1110. The smallest absolute Gasteiger partial charge is 0.307 e. The third kappa shape index (κ3) is 5.24. The number of sulfone groups is 1. The van der Waals surface area contributed by atoms with Gasteiger partial charge in [-0.2, -0.15) is 0 Å². The van der Waals surface area contributed by atoms with Crippen LogP contribution in [0, 0.1) is 6.92 Å². The highest BCUT2D eigenvalue weighted by Gasteiger charge is 2.22. The number of benzene rings is 2. The number of aromatic nitrogens is 2. The van der Waals surface area contributed by atoms with E-state index in [1.165, 1.54) is 12.1 Å². The van der Waals surface area contributed by atoms with Crippen LogP contribution in [0.2, 0.25) is 0 Å². The largest absolute Gasteiger partial charge is 0.497 e. The molecule has 0 radical (unpaired) electrons. The van der Waals surface area contributed by atoms with Gasteiger partial charge in [0, 0.05) is 5.56 Å². The standard InChI is InChI=1S/C21H22N2O6S/c1-14-4-10-18(11-5-14)30(25,26)13-12-19(24)28-15(2)20-22-23-21(29-20)16-6-8-17(27-3)9-7-16/h4-11,15H,12-13H2,1-3H3. The Morgan fingerprint density at radius 2 is 1.73 bits per heavy atom. The van der Waals surface area contributed by atoms with Crippen LogP contribution in [0.1, 0.15) is 30.9 Å². The molecule has 0 saturated heterocycles. The molecular weight excluding hydrogens is 408 g/mol. The van der Waals surface area contributed by atoms with Crippen LogP contribution in [0.4, 0.5) is 0 Å². The van der Waals surface area contributed by atoms with Crippen LogP contribution in [0.25, 0.3) is 11.5 Å². The maximum atomic E-state index is 12.4. The van der Waals surface area contributed by atoms with Crippen molar-refractivity contribution in [2.75, 3.05) is 12.9 Å². The van der Waals surface area contributed by atoms with Gasteiger partial charge < -0.3 is 13.9 Å². The molecule has 1 atom stereocenters. The number of methoxy groups -OCH3 is 1. The van der Waals surface area contributed by atoms with Crippen molar-refractivity contribution in [3.05, 3.63) is 60.0 Å². The average Bonchev–Trinajstić information content (AvgIpc) is 3.23. The molecule has 0 aliphatic rings. The first-order chi connectivity index (χ1) is 14.3. The fourth-order valence-corrected chi connectivity index (χ4v) is 3.86. The van der Waals surface area contributed by atoms with Crippen LogP contribution in [-0.2, 0) is 19.4 Å². The zero-order valence-corrected chi connectivity index (χ0v) is 17.7. The molecular formula is C21H22N2O6S. The summed E-state index contributed by atoms with van der Waals surface area (Å²) >= 11 is 0. The Labute approximate surface area is 174 Å². The number of rotatable bonds is 8. The van der Waals surface area contributed by atoms with Crippen molar-refractivity contribution < 1.29 is 27.1 Å². The van der Waals surface area contributed by atoms with Gasteiger partial charge in [-0.3, -0.25) is 4.79 Å². The molecule has 30 heavy (non-hydrogen) atoms. The summed E-state index contributed by atoms with van der Waals surface area (Å²) in [7, 11) is -2.00. The van der Waals surface area contributed by atoms with E-state index in [2.05, 4.69) is 10.2 Å². The second-order valence-corrected chi connectivity index (χ2v) is 8.80. The molecule has 3 rings (SSSR count). The lowest BCUT2D eigenvalue weighted by atomic mass is 10.2. The summed E-state index contributed by atoms with van der Waals surface area (Å²) in [6, 6.07) is 13.5. The zero-order chi connectivity index (χ0) is 21.7. The van der Waals surface area contributed by atoms with Crippen LogP contribution >= 0.6 is 0 Å². The lowest BCUT2D eigenvalue weighted by Crippen LogP contribution is -2.15. The van der Waals surface area contributed by atoms with E-state index in [4.69, 9.17) is 13.9 Å². The number of nitrogens with zero attached hydrogens (tertiary/aromatic N) is 2. The van der Waals surface area contributed by atoms with Crippen molar-refractivity contribution in [3.8, 4) is 17.2 Å². The summed E-state index contributed by atoms with van der Waals surface area (Å²) in [4.78, 5) is 12.3. The fourth-order valence-electron chi connectivity index (χ4n) is 2.64. The van der Waals surface area contributed by atoms with Gasteiger partial charge in [-0.15, -0.1) is 10.2 Å². The summed E-state index contributed by atoms with van der Waals surface area (Å²) < 4.78 is 40.6. The van der Waals surface area contributed by atoms with E-state index >= 15 is 0 Å². The molecule has 0 aliphatic carbocycles. The van der Waals surface area contributed by atoms with Gasteiger partial charge in [-0.25, -0.2) is 8.42 Å². The van der Waals surface area contributed by atoms with Crippen LogP contribution < -0.4 is 4.74 Å². The van der Waals surface area contributed by atoms with E-state index in [1.807, 2.05) is 6.92 Å². The van der Waals surface area contributed by atoms with Gasteiger partial charge >= 0.3 is 5.97 Å². The Kier molecular flexibility index (Phi) is 6.51. The molecule has 0 fully saturated rings. The fraction of sp³-hybridized carbons (Fsp3) is 0.286. The van der Waals surface area contributed by atoms with Crippen molar-refractivity contribution in [2.24, 2.45) is 0 Å². The first-order valence-electron chi connectivity index (χ1n) is 9.25. The van der Waals surface area contributed by atoms with Crippen molar-refractivity contribution in [1.29, 1.82) is 0 Å². The minimum Gasteiger partial charge on any atom is -0.497 e. The topological polar surface area (TPSA) is 109 Å². The molecule has 3 aromatic rings. The van der Waals surface area contributed by atoms with E-state index in [0.29, 0.717) is 11.3 Å². The van der Waals surface area contributed by atoms with Gasteiger partial charge in [-0.05, 0) is 50.2 Å².